The van der Waals surface area contributed by atoms with Gasteiger partial charge < -0.3 is 10.7 Å². The highest BCUT2D eigenvalue weighted by atomic mass is 16.1. The van der Waals surface area contributed by atoms with Crippen molar-refractivity contribution in [2.45, 2.75) is 13.5 Å². The molecule has 8 nitrogen and oxygen atoms in total. The summed E-state index contributed by atoms with van der Waals surface area (Å²) < 4.78 is 0. The van der Waals surface area contributed by atoms with E-state index in [1.54, 1.807) is 19.3 Å². The topological polar surface area (TPSA) is 94.5 Å². The Morgan fingerprint density at radius 3 is 2.84 bits per heavy atom. The second kappa shape index (κ2) is 8.76. The Morgan fingerprint density at radius 2 is 2.13 bits per heavy atom. The molecule has 0 unspecified atom stereocenters. The first-order valence-electron chi connectivity index (χ1n) is 9.84. The van der Waals surface area contributed by atoms with E-state index in [9.17, 15) is 4.79 Å². The number of nitrogens with zero attached hydrogens (tertiary/aromatic N) is 4. The van der Waals surface area contributed by atoms with Gasteiger partial charge in [-0.2, -0.15) is 0 Å². The number of allylic oxidation sites excluding steroid dienone is 1. The Morgan fingerprint density at radius 1 is 1.26 bits per heavy atom. The number of anilines is 2. The summed E-state index contributed by atoms with van der Waals surface area (Å²) in [5, 5.41) is 4.51. The number of hydrazine groups is 2. The summed E-state index contributed by atoms with van der Waals surface area (Å²) in [6.45, 7) is 6.22. The number of pyridine rings is 2. The van der Waals surface area contributed by atoms with Crippen molar-refractivity contribution in [2.75, 3.05) is 17.5 Å². The third-order valence-corrected chi connectivity index (χ3v) is 4.92. The molecule has 1 aromatic carbocycles. The normalized spacial score (nSPS) is 12.5. The van der Waals surface area contributed by atoms with Gasteiger partial charge >= 0.3 is 0 Å². The Bertz CT molecular complexity index is 1160. The van der Waals surface area contributed by atoms with E-state index >= 15 is 0 Å². The predicted molar refractivity (Wildman–Crippen MR) is 124 cm³/mol. The zero-order valence-electron chi connectivity index (χ0n) is 17.4. The van der Waals surface area contributed by atoms with E-state index in [1.807, 2.05) is 54.4 Å². The number of rotatable bonds is 6. The molecule has 156 valence electrons. The number of hydrogen-bond acceptors (Lipinski definition) is 7. The summed E-state index contributed by atoms with van der Waals surface area (Å²) in [4.78, 5) is 24.8. The first-order chi connectivity index (χ1) is 15.1. The maximum atomic E-state index is 11.7. The average Bonchev–Trinajstić information content (AvgIpc) is 3.21. The molecule has 2 aromatic heterocycles. The Kier molecular flexibility index (Phi) is 5.72. The summed E-state index contributed by atoms with van der Waals surface area (Å²) in [5.74, 6) is 0.564. The van der Waals surface area contributed by atoms with Gasteiger partial charge in [0.05, 0.1) is 23.6 Å². The largest absolute Gasteiger partial charge is 0.354 e. The SMILES string of the molecule is C=Nc1ccc(CN2NNc3ccc(-c4ccc(C(=O)NC)nc4)nc32)cc1C=CC. The lowest BCUT2D eigenvalue weighted by atomic mass is 10.1. The fourth-order valence-electron chi connectivity index (χ4n) is 3.36. The van der Waals surface area contributed by atoms with Crippen LogP contribution in [0.25, 0.3) is 17.3 Å². The van der Waals surface area contributed by atoms with E-state index in [1.165, 1.54) is 0 Å². The molecule has 3 heterocycles. The van der Waals surface area contributed by atoms with Crippen LogP contribution in [0.5, 0.6) is 0 Å². The highest BCUT2D eigenvalue weighted by Gasteiger charge is 2.21. The molecular weight excluding hydrogens is 390 g/mol. The van der Waals surface area contributed by atoms with Crippen LogP contribution in [0.2, 0.25) is 0 Å². The fraction of sp³-hybridized carbons (Fsp3) is 0.130. The van der Waals surface area contributed by atoms with Gasteiger partial charge in [-0.15, -0.1) is 5.53 Å². The Balaban J connectivity index is 1.59. The first kappa shape index (κ1) is 20.2. The summed E-state index contributed by atoms with van der Waals surface area (Å²) >= 11 is 0. The van der Waals surface area contributed by atoms with Crippen LogP contribution in [0.1, 0.15) is 28.5 Å². The van der Waals surface area contributed by atoms with Crippen LogP contribution in [-0.2, 0) is 6.54 Å². The lowest BCUT2D eigenvalue weighted by Crippen LogP contribution is -2.35. The van der Waals surface area contributed by atoms with E-state index in [2.05, 4.69) is 39.0 Å². The maximum Gasteiger partial charge on any atom is 0.269 e. The van der Waals surface area contributed by atoms with E-state index in [0.717, 1.165) is 39.6 Å². The van der Waals surface area contributed by atoms with E-state index in [-0.39, 0.29) is 5.91 Å². The molecule has 8 heteroatoms. The number of amides is 1. The van der Waals surface area contributed by atoms with E-state index in [4.69, 9.17) is 4.98 Å². The van der Waals surface area contributed by atoms with Crippen LogP contribution < -0.4 is 21.3 Å². The van der Waals surface area contributed by atoms with Gasteiger partial charge in [-0.05, 0) is 55.6 Å². The maximum absolute atomic E-state index is 11.7. The number of carbonyl (C=O) groups is 1. The summed E-state index contributed by atoms with van der Waals surface area (Å²) in [5.41, 5.74) is 12.1. The van der Waals surface area contributed by atoms with Crippen molar-refractivity contribution in [3.63, 3.8) is 0 Å². The minimum atomic E-state index is -0.219. The number of aliphatic imine (C=N–C) groups is 1. The molecule has 0 aliphatic carbocycles. The molecular formula is C23H23N7O. The smallest absolute Gasteiger partial charge is 0.269 e. The molecule has 4 rings (SSSR count). The molecule has 0 atom stereocenters. The zero-order valence-corrected chi connectivity index (χ0v) is 17.4. The molecule has 0 radical (unpaired) electrons. The highest BCUT2D eigenvalue weighted by molar-refractivity contribution is 5.92. The Hall–Kier alpha value is -4.04. The molecule has 0 spiro atoms. The van der Waals surface area contributed by atoms with Crippen molar-refractivity contribution < 1.29 is 4.79 Å². The minimum absolute atomic E-state index is 0.219. The van der Waals surface area contributed by atoms with Crippen molar-refractivity contribution in [1.29, 1.82) is 0 Å². The van der Waals surface area contributed by atoms with Crippen LogP contribution in [0.15, 0.2) is 59.7 Å². The van der Waals surface area contributed by atoms with E-state index < -0.39 is 0 Å². The van der Waals surface area contributed by atoms with Gasteiger partial charge in [0.25, 0.3) is 5.91 Å². The second-order valence-electron chi connectivity index (χ2n) is 6.95. The highest BCUT2D eigenvalue weighted by Crippen LogP contribution is 2.31. The van der Waals surface area contributed by atoms with Crippen LogP contribution in [0.3, 0.4) is 0 Å². The lowest BCUT2D eigenvalue weighted by molar-refractivity contribution is 0.0958. The average molecular weight is 413 g/mol. The molecule has 3 N–H and O–H groups in total. The van der Waals surface area contributed by atoms with Crippen molar-refractivity contribution in [3.8, 4) is 11.3 Å². The van der Waals surface area contributed by atoms with Crippen molar-refractivity contribution in [2.24, 2.45) is 4.99 Å². The molecule has 3 aromatic rings. The molecule has 0 saturated heterocycles. The van der Waals surface area contributed by atoms with Crippen molar-refractivity contribution in [1.82, 2.24) is 20.8 Å². The van der Waals surface area contributed by atoms with Crippen molar-refractivity contribution in [3.05, 3.63) is 71.6 Å². The number of aromatic nitrogens is 2. The first-order valence-corrected chi connectivity index (χ1v) is 9.84. The predicted octanol–water partition coefficient (Wildman–Crippen LogP) is 3.72. The number of hydrogen-bond donors (Lipinski definition) is 3. The quantitative estimate of drug-likeness (QED) is 0.533. The molecule has 1 aliphatic heterocycles. The van der Waals surface area contributed by atoms with Crippen LogP contribution >= 0.6 is 0 Å². The van der Waals surface area contributed by atoms with Crippen LogP contribution in [-0.4, -0.2) is 29.6 Å². The van der Waals surface area contributed by atoms with Gasteiger partial charge in [0.2, 0.25) is 0 Å². The van der Waals surface area contributed by atoms with Gasteiger partial charge in [0, 0.05) is 24.4 Å². The molecule has 31 heavy (non-hydrogen) atoms. The molecule has 1 aliphatic rings. The van der Waals surface area contributed by atoms with Crippen LogP contribution in [0, 0.1) is 0 Å². The Labute approximate surface area is 180 Å². The number of carbonyl (C=O) groups excluding carboxylic acids is 1. The summed E-state index contributed by atoms with van der Waals surface area (Å²) in [6, 6.07) is 13.5. The minimum Gasteiger partial charge on any atom is -0.354 e. The number of benzene rings is 1. The van der Waals surface area contributed by atoms with Gasteiger partial charge in [-0.1, -0.05) is 18.2 Å². The van der Waals surface area contributed by atoms with Crippen LogP contribution in [0.4, 0.5) is 17.2 Å². The zero-order chi connectivity index (χ0) is 21.8. The molecule has 0 saturated carbocycles. The van der Waals surface area contributed by atoms with Gasteiger partial charge in [0.1, 0.15) is 5.69 Å². The van der Waals surface area contributed by atoms with Gasteiger partial charge in [-0.25, -0.2) is 4.98 Å². The summed E-state index contributed by atoms with van der Waals surface area (Å²) in [6.07, 6.45) is 5.66. The third-order valence-electron chi connectivity index (χ3n) is 4.92. The van der Waals surface area contributed by atoms with Gasteiger partial charge in [0.15, 0.2) is 5.82 Å². The molecule has 1 amide bonds. The van der Waals surface area contributed by atoms with Gasteiger partial charge in [-0.3, -0.25) is 19.8 Å². The molecule has 0 bridgehead atoms. The lowest BCUT2D eigenvalue weighted by Gasteiger charge is -2.18. The van der Waals surface area contributed by atoms with Crippen molar-refractivity contribution >= 4 is 35.9 Å². The monoisotopic (exact) mass is 413 g/mol. The molecule has 0 fully saturated rings. The third kappa shape index (κ3) is 4.15. The fourth-order valence-corrected chi connectivity index (χ4v) is 3.36. The number of fused-ring (bicyclic) bond motifs is 1. The number of nitrogens with one attached hydrogen (secondary N) is 3. The standard InChI is InChI=1S/C23H23N7O/c1-4-5-16-12-15(6-8-18(16)24-2)14-30-22-20(28-29-30)11-10-19(27-22)17-7-9-21(26-13-17)23(31)25-3/h4-13,28-29H,2,14H2,1,3H3,(H,25,31). The summed E-state index contributed by atoms with van der Waals surface area (Å²) in [7, 11) is 1.58. The van der Waals surface area contributed by atoms with E-state index in [0.29, 0.717) is 12.2 Å². The second-order valence-corrected chi connectivity index (χ2v) is 6.95.